The highest BCUT2D eigenvalue weighted by molar-refractivity contribution is 6.22. The second kappa shape index (κ2) is 12.2. The average molecular weight is 685 g/mol. The van der Waals surface area contributed by atoms with Crippen molar-refractivity contribution < 1.29 is 0 Å². The summed E-state index contributed by atoms with van der Waals surface area (Å²) >= 11 is 0. The van der Waals surface area contributed by atoms with Gasteiger partial charge in [-0.25, -0.2) is 9.97 Å². The summed E-state index contributed by atoms with van der Waals surface area (Å²) in [6.07, 6.45) is 0. The molecular formula is C52H32N2. The molecule has 0 radical (unpaired) electrons. The van der Waals surface area contributed by atoms with Gasteiger partial charge in [0.15, 0.2) is 0 Å². The Morgan fingerprint density at radius 3 is 0.963 bits per heavy atom. The van der Waals surface area contributed by atoms with Crippen LogP contribution in [0.5, 0.6) is 0 Å². The minimum Gasteiger partial charge on any atom is -0.248 e. The lowest BCUT2D eigenvalue weighted by Crippen LogP contribution is -1.91. The number of rotatable bonds is 4. The SMILES string of the molecule is c1ccc2nc(-c3ccc4cc(-c5c6ccccc6c(-c6ccc7cc(-c8ccc9ccccc9n8)ccc7c6)c6ccccc56)ccc4c3)ccc2c1. The third kappa shape index (κ3) is 5.03. The monoisotopic (exact) mass is 684 g/mol. The van der Waals surface area contributed by atoms with E-state index in [1.54, 1.807) is 0 Å². The van der Waals surface area contributed by atoms with Gasteiger partial charge in [-0.05, 0) is 114 Å². The van der Waals surface area contributed by atoms with E-state index in [0.29, 0.717) is 0 Å². The molecule has 0 bridgehead atoms. The molecule has 54 heavy (non-hydrogen) atoms. The van der Waals surface area contributed by atoms with E-state index >= 15 is 0 Å². The standard InChI is InChI=1S/C52H32N2/c1-7-15-47-33(9-1)25-27-49(53-47)39-21-17-37-31-41(23-19-35(37)29-39)51-43-11-3-5-13-45(43)52(46-14-6-4-12-44(46)51)42-24-20-36-30-40(22-18-38(36)32-42)50-28-26-34-10-2-8-16-48(34)54-50/h1-32H. The number of fused-ring (bicyclic) bond motifs is 6. The van der Waals surface area contributed by atoms with E-state index in [4.69, 9.17) is 9.97 Å². The number of benzene rings is 9. The van der Waals surface area contributed by atoms with Gasteiger partial charge in [0.05, 0.1) is 22.4 Å². The Bertz CT molecular complexity index is 3010. The van der Waals surface area contributed by atoms with Crippen molar-refractivity contribution >= 4 is 64.9 Å². The molecule has 0 amide bonds. The first kappa shape index (κ1) is 30.5. The molecule has 0 saturated heterocycles. The lowest BCUT2D eigenvalue weighted by molar-refractivity contribution is 1.40. The van der Waals surface area contributed by atoms with Crippen LogP contribution in [0.25, 0.3) is 110 Å². The van der Waals surface area contributed by atoms with E-state index in [-0.39, 0.29) is 0 Å². The van der Waals surface area contributed by atoms with Crippen molar-refractivity contribution in [1.82, 2.24) is 9.97 Å². The fraction of sp³-hybridized carbons (Fsp3) is 0. The molecule has 0 spiro atoms. The molecule has 2 aromatic heterocycles. The van der Waals surface area contributed by atoms with Gasteiger partial charge in [-0.1, -0.05) is 146 Å². The largest absolute Gasteiger partial charge is 0.248 e. The Kier molecular flexibility index (Phi) is 6.90. The first-order valence-corrected chi connectivity index (χ1v) is 18.5. The molecule has 0 aliphatic carbocycles. The van der Waals surface area contributed by atoms with Crippen molar-refractivity contribution in [3.05, 3.63) is 194 Å². The van der Waals surface area contributed by atoms with Crippen LogP contribution in [-0.2, 0) is 0 Å². The number of nitrogens with zero attached hydrogens (tertiary/aromatic N) is 2. The van der Waals surface area contributed by atoms with E-state index in [0.717, 1.165) is 44.3 Å². The van der Waals surface area contributed by atoms with E-state index in [1.165, 1.54) is 65.3 Å². The predicted molar refractivity (Wildman–Crippen MR) is 229 cm³/mol. The van der Waals surface area contributed by atoms with Crippen molar-refractivity contribution in [2.24, 2.45) is 0 Å². The fourth-order valence-corrected chi connectivity index (χ4v) is 8.33. The minimum absolute atomic E-state index is 0.989. The van der Waals surface area contributed by atoms with E-state index < -0.39 is 0 Å². The number of aromatic nitrogens is 2. The maximum atomic E-state index is 4.96. The van der Waals surface area contributed by atoms with Gasteiger partial charge < -0.3 is 0 Å². The summed E-state index contributed by atoms with van der Waals surface area (Å²) in [5, 5.41) is 12.1. The zero-order valence-corrected chi connectivity index (χ0v) is 29.4. The first-order valence-electron chi connectivity index (χ1n) is 18.5. The normalized spacial score (nSPS) is 11.7. The summed E-state index contributed by atoms with van der Waals surface area (Å²) in [4.78, 5) is 9.92. The molecule has 11 aromatic rings. The molecule has 0 atom stereocenters. The zero-order chi connectivity index (χ0) is 35.6. The molecule has 0 N–H and O–H groups in total. The van der Waals surface area contributed by atoms with Gasteiger partial charge in [0, 0.05) is 21.9 Å². The maximum Gasteiger partial charge on any atom is 0.0709 e. The molecule has 2 heterocycles. The van der Waals surface area contributed by atoms with Crippen LogP contribution in [0.2, 0.25) is 0 Å². The molecule has 250 valence electrons. The van der Waals surface area contributed by atoms with Crippen molar-refractivity contribution in [2.75, 3.05) is 0 Å². The molecular weight excluding hydrogens is 653 g/mol. The quantitative estimate of drug-likeness (QED) is 0.172. The van der Waals surface area contributed by atoms with Crippen molar-refractivity contribution in [1.29, 1.82) is 0 Å². The molecule has 2 nitrogen and oxygen atoms in total. The molecule has 0 unspecified atom stereocenters. The van der Waals surface area contributed by atoms with E-state index in [2.05, 4.69) is 182 Å². The van der Waals surface area contributed by atoms with E-state index in [9.17, 15) is 0 Å². The highest BCUT2D eigenvalue weighted by Crippen LogP contribution is 2.45. The maximum absolute atomic E-state index is 4.96. The second-order valence-electron chi connectivity index (χ2n) is 14.2. The van der Waals surface area contributed by atoms with Gasteiger partial charge in [-0.2, -0.15) is 0 Å². The van der Waals surface area contributed by atoms with Crippen molar-refractivity contribution in [3.8, 4) is 44.8 Å². The van der Waals surface area contributed by atoms with Crippen molar-refractivity contribution in [3.63, 3.8) is 0 Å². The second-order valence-corrected chi connectivity index (χ2v) is 14.2. The first-order chi connectivity index (χ1) is 26.7. The molecule has 0 fully saturated rings. The third-order valence-corrected chi connectivity index (χ3v) is 11.0. The van der Waals surface area contributed by atoms with Crippen molar-refractivity contribution in [2.45, 2.75) is 0 Å². The van der Waals surface area contributed by atoms with Gasteiger partial charge in [0.25, 0.3) is 0 Å². The van der Waals surface area contributed by atoms with Gasteiger partial charge >= 0.3 is 0 Å². The number of para-hydroxylation sites is 2. The van der Waals surface area contributed by atoms with Crippen LogP contribution in [0.1, 0.15) is 0 Å². The van der Waals surface area contributed by atoms with Gasteiger partial charge in [-0.3, -0.25) is 0 Å². The van der Waals surface area contributed by atoms with Crippen LogP contribution >= 0.6 is 0 Å². The van der Waals surface area contributed by atoms with Crippen LogP contribution in [-0.4, -0.2) is 9.97 Å². The number of hydrogen-bond acceptors (Lipinski definition) is 2. The van der Waals surface area contributed by atoms with Crippen LogP contribution in [0, 0.1) is 0 Å². The number of hydrogen-bond donors (Lipinski definition) is 0. The molecule has 0 aliphatic rings. The molecule has 0 saturated carbocycles. The summed E-state index contributed by atoms with van der Waals surface area (Å²) in [7, 11) is 0. The Hall–Kier alpha value is -7.16. The smallest absolute Gasteiger partial charge is 0.0709 e. The lowest BCUT2D eigenvalue weighted by atomic mass is 9.85. The Balaban J connectivity index is 1.02. The van der Waals surface area contributed by atoms with Gasteiger partial charge in [-0.15, -0.1) is 0 Å². The molecule has 0 aliphatic heterocycles. The Labute approximate surface area is 312 Å². The molecule has 2 heteroatoms. The summed E-state index contributed by atoms with van der Waals surface area (Å²) in [6, 6.07) is 70.1. The van der Waals surface area contributed by atoms with Gasteiger partial charge in [0.1, 0.15) is 0 Å². The number of pyridine rings is 2. The van der Waals surface area contributed by atoms with E-state index in [1.807, 2.05) is 12.1 Å². The molecule has 11 rings (SSSR count). The Morgan fingerprint density at radius 2 is 0.556 bits per heavy atom. The molecule has 9 aromatic carbocycles. The minimum atomic E-state index is 0.989. The fourth-order valence-electron chi connectivity index (χ4n) is 8.33. The Morgan fingerprint density at radius 1 is 0.241 bits per heavy atom. The van der Waals surface area contributed by atoms with Crippen LogP contribution in [0.4, 0.5) is 0 Å². The van der Waals surface area contributed by atoms with Crippen LogP contribution < -0.4 is 0 Å². The van der Waals surface area contributed by atoms with Crippen LogP contribution in [0.15, 0.2) is 194 Å². The summed E-state index contributed by atoms with van der Waals surface area (Å²) < 4.78 is 0. The summed E-state index contributed by atoms with van der Waals surface area (Å²) in [5.74, 6) is 0. The highest BCUT2D eigenvalue weighted by Gasteiger charge is 2.17. The zero-order valence-electron chi connectivity index (χ0n) is 29.4. The van der Waals surface area contributed by atoms with Gasteiger partial charge in [0.2, 0.25) is 0 Å². The predicted octanol–water partition coefficient (Wildman–Crippen LogP) is 14.1. The topological polar surface area (TPSA) is 25.8 Å². The average Bonchev–Trinajstić information content (AvgIpc) is 3.24. The summed E-state index contributed by atoms with van der Waals surface area (Å²) in [5.41, 5.74) is 11.2. The lowest BCUT2D eigenvalue weighted by Gasteiger charge is -2.18. The van der Waals surface area contributed by atoms with Crippen LogP contribution in [0.3, 0.4) is 0 Å². The third-order valence-electron chi connectivity index (χ3n) is 11.0. The summed E-state index contributed by atoms with van der Waals surface area (Å²) in [6.45, 7) is 0. The highest BCUT2D eigenvalue weighted by atomic mass is 14.7.